The van der Waals surface area contributed by atoms with E-state index < -0.39 is 0 Å². The van der Waals surface area contributed by atoms with E-state index in [4.69, 9.17) is 10.5 Å². The summed E-state index contributed by atoms with van der Waals surface area (Å²) < 4.78 is 6.84. The Labute approximate surface area is 117 Å². The van der Waals surface area contributed by atoms with Crippen LogP contribution in [0.3, 0.4) is 0 Å². The second kappa shape index (κ2) is 5.35. The fourth-order valence-corrected chi connectivity index (χ4v) is 3.53. The summed E-state index contributed by atoms with van der Waals surface area (Å²) in [6.07, 6.45) is 2.63. The molecule has 4 nitrogen and oxygen atoms in total. The molecule has 0 aliphatic carbocycles. The van der Waals surface area contributed by atoms with Crippen molar-refractivity contribution in [1.29, 1.82) is 0 Å². The first-order valence-electron chi connectivity index (χ1n) is 6.78. The van der Waals surface area contributed by atoms with E-state index in [0.29, 0.717) is 12.0 Å². The summed E-state index contributed by atoms with van der Waals surface area (Å²) in [6.45, 7) is 4.01. The van der Waals surface area contributed by atoms with Gasteiger partial charge in [0.2, 0.25) is 0 Å². The molecule has 0 spiro atoms. The number of fused-ring (bicyclic) bond motifs is 1. The highest BCUT2D eigenvalue weighted by molar-refractivity contribution is 7.22. The van der Waals surface area contributed by atoms with Gasteiger partial charge >= 0.3 is 0 Å². The van der Waals surface area contributed by atoms with E-state index >= 15 is 0 Å². The molecular formula is C14H19N3OS. The van der Waals surface area contributed by atoms with Crippen LogP contribution in [0, 0.1) is 5.92 Å². The van der Waals surface area contributed by atoms with Gasteiger partial charge in [-0.25, -0.2) is 4.98 Å². The highest BCUT2D eigenvalue weighted by Gasteiger charge is 2.26. The molecule has 102 valence electrons. The van der Waals surface area contributed by atoms with Gasteiger partial charge in [-0.3, -0.25) is 0 Å². The maximum absolute atomic E-state index is 5.78. The van der Waals surface area contributed by atoms with Crippen molar-refractivity contribution < 1.29 is 4.74 Å². The van der Waals surface area contributed by atoms with Crippen molar-refractivity contribution in [1.82, 2.24) is 4.98 Å². The Balaban J connectivity index is 1.68. The molecule has 2 heterocycles. The number of thiazole rings is 1. The summed E-state index contributed by atoms with van der Waals surface area (Å²) in [4.78, 5) is 4.58. The maximum Gasteiger partial charge on any atom is 0.183 e. The van der Waals surface area contributed by atoms with Gasteiger partial charge in [-0.15, -0.1) is 0 Å². The minimum Gasteiger partial charge on any atom is -0.399 e. The molecule has 0 radical (unpaired) electrons. The lowest BCUT2D eigenvalue weighted by molar-refractivity contribution is 0.0900. The van der Waals surface area contributed by atoms with Gasteiger partial charge < -0.3 is 15.8 Å². The van der Waals surface area contributed by atoms with Crippen molar-refractivity contribution in [3.05, 3.63) is 18.2 Å². The number of nitrogens with two attached hydrogens (primary N) is 1. The van der Waals surface area contributed by atoms with E-state index in [2.05, 4.69) is 17.2 Å². The number of hydrogen-bond acceptors (Lipinski definition) is 5. The topological polar surface area (TPSA) is 60.2 Å². The standard InChI is InChI=1S/C14H19N3OS/c1-2-12-9(5-6-18-12)8-16-14-17-11-4-3-10(15)7-13(11)19-14/h3-4,7,9,12H,2,5-6,8,15H2,1H3,(H,16,17). The third-order valence-electron chi connectivity index (χ3n) is 3.68. The molecule has 1 fully saturated rings. The molecule has 1 aromatic heterocycles. The molecule has 1 aromatic carbocycles. The zero-order valence-electron chi connectivity index (χ0n) is 11.1. The minimum absolute atomic E-state index is 0.400. The Bertz CT molecular complexity index is 569. The van der Waals surface area contributed by atoms with Gasteiger partial charge in [0, 0.05) is 24.8 Å². The van der Waals surface area contributed by atoms with Crippen molar-refractivity contribution in [3.63, 3.8) is 0 Å². The van der Waals surface area contributed by atoms with Crippen molar-refractivity contribution >= 4 is 32.4 Å². The van der Waals surface area contributed by atoms with Crippen LogP contribution in [0.1, 0.15) is 19.8 Å². The summed E-state index contributed by atoms with van der Waals surface area (Å²) in [7, 11) is 0. The minimum atomic E-state index is 0.400. The van der Waals surface area contributed by atoms with E-state index in [1.54, 1.807) is 11.3 Å². The van der Waals surface area contributed by atoms with Crippen LogP contribution in [0.2, 0.25) is 0 Å². The first-order valence-corrected chi connectivity index (χ1v) is 7.59. The van der Waals surface area contributed by atoms with Crippen molar-refractivity contribution in [3.8, 4) is 0 Å². The van der Waals surface area contributed by atoms with E-state index in [-0.39, 0.29) is 0 Å². The molecule has 0 saturated carbocycles. The van der Waals surface area contributed by atoms with E-state index in [9.17, 15) is 0 Å². The van der Waals surface area contributed by atoms with Gasteiger partial charge in [0.1, 0.15) is 0 Å². The molecule has 0 amide bonds. The van der Waals surface area contributed by atoms with Crippen LogP contribution in [0.15, 0.2) is 18.2 Å². The third-order valence-corrected chi connectivity index (χ3v) is 4.65. The fourth-order valence-electron chi connectivity index (χ4n) is 2.61. The Morgan fingerprint density at radius 3 is 3.26 bits per heavy atom. The molecule has 1 aliphatic heterocycles. The summed E-state index contributed by atoms with van der Waals surface area (Å²) in [5, 5.41) is 4.42. The molecule has 19 heavy (non-hydrogen) atoms. The molecule has 0 bridgehead atoms. The predicted octanol–water partition coefficient (Wildman–Crippen LogP) is 3.11. The smallest absolute Gasteiger partial charge is 0.183 e. The molecule has 3 rings (SSSR count). The first kappa shape index (κ1) is 12.7. The van der Waals surface area contributed by atoms with Gasteiger partial charge in [-0.05, 0) is 31.0 Å². The van der Waals surface area contributed by atoms with Crippen LogP contribution < -0.4 is 11.1 Å². The molecule has 5 heteroatoms. The number of nitrogens with zero attached hydrogens (tertiary/aromatic N) is 1. The number of ether oxygens (including phenoxy) is 1. The lowest BCUT2D eigenvalue weighted by atomic mass is 10.00. The van der Waals surface area contributed by atoms with Crippen LogP contribution in [-0.2, 0) is 4.74 Å². The molecule has 2 unspecified atom stereocenters. The van der Waals surface area contributed by atoms with Gasteiger partial charge in [0.05, 0.1) is 16.3 Å². The van der Waals surface area contributed by atoms with Gasteiger partial charge in [0.25, 0.3) is 0 Å². The number of rotatable bonds is 4. The molecule has 1 saturated heterocycles. The molecule has 3 N–H and O–H groups in total. The quantitative estimate of drug-likeness (QED) is 0.843. The van der Waals surface area contributed by atoms with Crippen LogP contribution in [0.5, 0.6) is 0 Å². The average Bonchev–Trinajstić information content (AvgIpc) is 3.01. The fraction of sp³-hybridized carbons (Fsp3) is 0.500. The lowest BCUT2D eigenvalue weighted by Gasteiger charge is -2.16. The molecule has 1 aliphatic rings. The SMILES string of the molecule is CCC1OCCC1CNc1nc2ccc(N)cc2s1. The van der Waals surface area contributed by atoms with Gasteiger partial charge in [-0.1, -0.05) is 18.3 Å². The summed E-state index contributed by atoms with van der Waals surface area (Å²) in [6, 6.07) is 5.84. The first-order chi connectivity index (χ1) is 9.26. The van der Waals surface area contributed by atoms with Gasteiger partial charge in [-0.2, -0.15) is 0 Å². The number of anilines is 2. The number of hydrogen-bond donors (Lipinski definition) is 2. The second-order valence-electron chi connectivity index (χ2n) is 4.99. The largest absolute Gasteiger partial charge is 0.399 e. The second-order valence-corrected chi connectivity index (χ2v) is 6.02. The monoisotopic (exact) mass is 277 g/mol. The predicted molar refractivity (Wildman–Crippen MR) is 80.7 cm³/mol. The molecule has 2 aromatic rings. The zero-order chi connectivity index (χ0) is 13.2. The van der Waals surface area contributed by atoms with Crippen molar-refractivity contribution in [2.24, 2.45) is 5.92 Å². The number of nitrogens with one attached hydrogen (secondary N) is 1. The Morgan fingerprint density at radius 1 is 1.53 bits per heavy atom. The Morgan fingerprint density at radius 2 is 2.42 bits per heavy atom. The van der Waals surface area contributed by atoms with Crippen LogP contribution in [0.4, 0.5) is 10.8 Å². The normalized spacial score (nSPS) is 23.0. The maximum atomic E-state index is 5.78. The average molecular weight is 277 g/mol. The number of nitrogen functional groups attached to an aromatic ring is 1. The van der Waals surface area contributed by atoms with Crippen LogP contribution in [0.25, 0.3) is 10.2 Å². The van der Waals surface area contributed by atoms with E-state index in [1.165, 1.54) is 0 Å². The van der Waals surface area contributed by atoms with E-state index in [0.717, 1.165) is 47.0 Å². The highest BCUT2D eigenvalue weighted by Crippen LogP contribution is 2.29. The number of aromatic nitrogens is 1. The summed E-state index contributed by atoms with van der Waals surface area (Å²) >= 11 is 1.66. The third kappa shape index (κ3) is 2.67. The van der Waals surface area contributed by atoms with E-state index in [1.807, 2.05) is 18.2 Å². The van der Waals surface area contributed by atoms with Crippen molar-refractivity contribution in [2.45, 2.75) is 25.9 Å². The summed E-state index contributed by atoms with van der Waals surface area (Å²) in [5.41, 5.74) is 7.59. The zero-order valence-corrected chi connectivity index (χ0v) is 11.9. The summed E-state index contributed by atoms with van der Waals surface area (Å²) in [5.74, 6) is 0.599. The van der Waals surface area contributed by atoms with Crippen molar-refractivity contribution in [2.75, 3.05) is 24.2 Å². The Kier molecular flexibility index (Phi) is 3.57. The number of benzene rings is 1. The molecule has 2 atom stereocenters. The van der Waals surface area contributed by atoms with Gasteiger partial charge in [0.15, 0.2) is 5.13 Å². The lowest BCUT2D eigenvalue weighted by Crippen LogP contribution is -2.22. The Hall–Kier alpha value is -1.33. The van der Waals surface area contributed by atoms with Crippen LogP contribution in [-0.4, -0.2) is 24.2 Å². The molecular weight excluding hydrogens is 258 g/mol. The van der Waals surface area contributed by atoms with Crippen LogP contribution >= 0.6 is 11.3 Å². The highest BCUT2D eigenvalue weighted by atomic mass is 32.1.